The van der Waals surface area contributed by atoms with Crippen molar-refractivity contribution < 1.29 is 9.21 Å². The average molecular weight is 391 g/mol. The van der Waals surface area contributed by atoms with Gasteiger partial charge in [0.05, 0.1) is 17.2 Å². The van der Waals surface area contributed by atoms with Crippen molar-refractivity contribution in [3.8, 4) is 0 Å². The van der Waals surface area contributed by atoms with Gasteiger partial charge in [-0.3, -0.25) is 0 Å². The van der Waals surface area contributed by atoms with Gasteiger partial charge in [-0.05, 0) is 60.6 Å². The van der Waals surface area contributed by atoms with Gasteiger partial charge in [0.25, 0.3) is 0 Å². The molecule has 0 atom stereocenters. The second-order valence-electron chi connectivity index (χ2n) is 6.01. The molecule has 0 fully saturated rings. The van der Waals surface area contributed by atoms with Gasteiger partial charge in [0.15, 0.2) is 10.2 Å². The van der Waals surface area contributed by atoms with Gasteiger partial charge in [-0.25, -0.2) is 15.2 Å². The number of furan rings is 1. The SMILES string of the molecule is Cc1cccc(NC(=O)N/N=C/c2ccc(Sc3nc4ccccc4[nH]3)o2)c1. The Morgan fingerprint density at radius 1 is 1.18 bits per heavy atom. The minimum Gasteiger partial charge on any atom is -0.448 e. The van der Waals surface area contributed by atoms with E-state index in [1.165, 1.54) is 18.0 Å². The van der Waals surface area contributed by atoms with Crippen LogP contribution in [0.5, 0.6) is 0 Å². The second-order valence-corrected chi connectivity index (χ2v) is 7.00. The summed E-state index contributed by atoms with van der Waals surface area (Å²) in [5, 5.41) is 8.03. The lowest BCUT2D eigenvalue weighted by Crippen LogP contribution is -2.24. The molecule has 28 heavy (non-hydrogen) atoms. The first-order valence-electron chi connectivity index (χ1n) is 8.55. The summed E-state index contributed by atoms with van der Waals surface area (Å²) < 4.78 is 5.68. The Kier molecular flexibility index (Phi) is 5.11. The third-order valence-corrected chi connectivity index (χ3v) is 4.61. The maximum absolute atomic E-state index is 11.9. The van der Waals surface area contributed by atoms with Gasteiger partial charge in [-0.15, -0.1) is 0 Å². The molecule has 4 rings (SSSR count). The quantitative estimate of drug-likeness (QED) is 0.337. The molecule has 0 aliphatic rings. The number of hydrogen-bond acceptors (Lipinski definition) is 5. The molecular weight excluding hydrogens is 374 g/mol. The van der Waals surface area contributed by atoms with Crippen LogP contribution in [0.15, 0.2) is 80.4 Å². The third kappa shape index (κ3) is 4.41. The Labute approximate surface area is 165 Å². The molecule has 0 spiro atoms. The average Bonchev–Trinajstić information content (AvgIpc) is 3.28. The normalized spacial score (nSPS) is 11.2. The van der Waals surface area contributed by atoms with Crippen molar-refractivity contribution in [2.45, 2.75) is 17.2 Å². The molecule has 0 aliphatic carbocycles. The van der Waals surface area contributed by atoms with Crippen LogP contribution in [-0.4, -0.2) is 22.2 Å². The molecule has 0 bridgehead atoms. The number of amides is 2. The van der Waals surface area contributed by atoms with E-state index in [4.69, 9.17) is 4.42 Å². The molecule has 0 unspecified atom stereocenters. The monoisotopic (exact) mass is 391 g/mol. The number of hydrogen-bond donors (Lipinski definition) is 3. The van der Waals surface area contributed by atoms with Crippen molar-refractivity contribution in [2.75, 3.05) is 5.32 Å². The highest BCUT2D eigenvalue weighted by molar-refractivity contribution is 7.99. The number of urea groups is 1. The van der Waals surface area contributed by atoms with Crippen LogP contribution >= 0.6 is 11.8 Å². The fourth-order valence-electron chi connectivity index (χ4n) is 2.57. The first kappa shape index (κ1) is 17.9. The Hall–Kier alpha value is -3.52. The molecule has 8 heteroatoms. The number of anilines is 1. The van der Waals surface area contributed by atoms with E-state index < -0.39 is 6.03 Å². The van der Waals surface area contributed by atoms with E-state index in [1.807, 2.05) is 61.5 Å². The minimum absolute atomic E-state index is 0.426. The molecule has 3 N–H and O–H groups in total. The van der Waals surface area contributed by atoms with E-state index >= 15 is 0 Å². The van der Waals surface area contributed by atoms with Crippen molar-refractivity contribution in [2.24, 2.45) is 5.10 Å². The zero-order valence-corrected chi connectivity index (χ0v) is 15.8. The number of fused-ring (bicyclic) bond motifs is 1. The summed E-state index contributed by atoms with van der Waals surface area (Å²) >= 11 is 1.38. The molecule has 2 aromatic carbocycles. The molecule has 4 aromatic rings. The highest BCUT2D eigenvalue weighted by Gasteiger charge is 2.07. The van der Waals surface area contributed by atoms with Gasteiger partial charge in [0.1, 0.15) is 5.76 Å². The number of para-hydroxylation sites is 2. The first-order valence-corrected chi connectivity index (χ1v) is 9.36. The maximum Gasteiger partial charge on any atom is 0.339 e. The number of aromatic nitrogens is 2. The lowest BCUT2D eigenvalue weighted by molar-refractivity contribution is 0.252. The summed E-state index contributed by atoms with van der Waals surface area (Å²) in [7, 11) is 0. The first-order chi connectivity index (χ1) is 13.7. The Balaban J connectivity index is 1.33. The van der Waals surface area contributed by atoms with E-state index in [1.54, 1.807) is 6.07 Å². The van der Waals surface area contributed by atoms with Gasteiger partial charge in [-0.1, -0.05) is 24.3 Å². The van der Waals surface area contributed by atoms with Crippen LogP contribution in [0.25, 0.3) is 11.0 Å². The zero-order chi connectivity index (χ0) is 19.3. The van der Waals surface area contributed by atoms with Crippen molar-refractivity contribution >= 4 is 40.7 Å². The van der Waals surface area contributed by atoms with Crippen LogP contribution in [0, 0.1) is 6.92 Å². The fourth-order valence-corrected chi connectivity index (χ4v) is 3.34. The molecule has 0 aliphatic heterocycles. The Bertz CT molecular complexity index is 1120. The van der Waals surface area contributed by atoms with E-state index in [0.717, 1.165) is 21.8 Å². The molecule has 7 nitrogen and oxygen atoms in total. The maximum atomic E-state index is 11.9. The molecule has 0 radical (unpaired) electrons. The number of carbonyl (C=O) groups is 1. The molecule has 0 saturated heterocycles. The van der Waals surface area contributed by atoms with Gasteiger partial charge >= 0.3 is 6.03 Å². The van der Waals surface area contributed by atoms with Crippen molar-refractivity contribution in [1.82, 2.24) is 15.4 Å². The molecule has 2 amide bonds. The van der Waals surface area contributed by atoms with E-state index in [0.29, 0.717) is 16.5 Å². The number of hydrazone groups is 1. The topological polar surface area (TPSA) is 95.3 Å². The number of carbonyl (C=O) groups excluding carboxylic acids is 1. The predicted molar refractivity (Wildman–Crippen MR) is 110 cm³/mol. The number of nitrogens with zero attached hydrogens (tertiary/aromatic N) is 2. The van der Waals surface area contributed by atoms with E-state index in [2.05, 4.69) is 25.8 Å². The zero-order valence-electron chi connectivity index (χ0n) is 15.0. The van der Waals surface area contributed by atoms with Crippen LogP contribution in [0.2, 0.25) is 0 Å². The van der Waals surface area contributed by atoms with Gasteiger partial charge in [-0.2, -0.15) is 5.10 Å². The highest BCUT2D eigenvalue weighted by atomic mass is 32.2. The van der Waals surface area contributed by atoms with Crippen LogP contribution in [-0.2, 0) is 0 Å². The van der Waals surface area contributed by atoms with E-state index in [9.17, 15) is 4.79 Å². The Morgan fingerprint density at radius 2 is 2.07 bits per heavy atom. The summed E-state index contributed by atoms with van der Waals surface area (Å²) in [6, 6.07) is 18.5. The summed E-state index contributed by atoms with van der Waals surface area (Å²) in [5.74, 6) is 0.523. The van der Waals surface area contributed by atoms with Crippen LogP contribution in [0.4, 0.5) is 10.5 Å². The smallest absolute Gasteiger partial charge is 0.339 e. The van der Waals surface area contributed by atoms with Gasteiger partial charge < -0.3 is 14.7 Å². The number of imidazole rings is 1. The fraction of sp³-hybridized carbons (Fsp3) is 0.0500. The number of benzene rings is 2. The molecule has 0 saturated carbocycles. The number of nitrogens with one attached hydrogen (secondary N) is 3. The number of aromatic amines is 1. The molecular formula is C20H17N5O2S. The molecule has 140 valence electrons. The lowest BCUT2D eigenvalue weighted by Gasteiger charge is -2.04. The van der Waals surface area contributed by atoms with Crippen LogP contribution in [0.1, 0.15) is 11.3 Å². The van der Waals surface area contributed by atoms with Crippen LogP contribution in [0.3, 0.4) is 0 Å². The predicted octanol–water partition coefficient (Wildman–Crippen LogP) is 4.77. The minimum atomic E-state index is -0.426. The van der Waals surface area contributed by atoms with Crippen molar-refractivity contribution in [3.63, 3.8) is 0 Å². The summed E-state index contributed by atoms with van der Waals surface area (Å²) in [4.78, 5) is 19.6. The number of rotatable bonds is 5. The highest BCUT2D eigenvalue weighted by Crippen LogP contribution is 2.28. The molecule has 2 heterocycles. The van der Waals surface area contributed by atoms with Gasteiger partial charge in [0, 0.05) is 5.69 Å². The summed E-state index contributed by atoms with van der Waals surface area (Å²) in [6.07, 6.45) is 1.44. The van der Waals surface area contributed by atoms with E-state index in [-0.39, 0.29) is 0 Å². The largest absolute Gasteiger partial charge is 0.448 e. The summed E-state index contributed by atoms with van der Waals surface area (Å²) in [6.45, 7) is 1.96. The second kappa shape index (κ2) is 8.01. The molecule has 2 aromatic heterocycles. The lowest BCUT2D eigenvalue weighted by atomic mass is 10.2. The third-order valence-electron chi connectivity index (χ3n) is 3.80. The standard InChI is InChI=1S/C20H17N5O2S/c1-13-5-4-6-14(11-13)22-19(26)25-21-12-15-9-10-18(27-15)28-20-23-16-7-2-3-8-17(16)24-20/h2-12H,1H3,(H,23,24)(H2,22,25,26)/b21-12+. The Morgan fingerprint density at radius 3 is 2.93 bits per heavy atom. The number of H-pyrrole nitrogens is 1. The number of aryl methyl sites for hydroxylation is 1. The van der Waals surface area contributed by atoms with Crippen molar-refractivity contribution in [3.05, 3.63) is 72.0 Å². The summed E-state index contributed by atoms with van der Waals surface area (Å²) in [5.41, 5.74) is 6.05. The van der Waals surface area contributed by atoms with Crippen LogP contribution < -0.4 is 10.7 Å². The van der Waals surface area contributed by atoms with Crippen molar-refractivity contribution in [1.29, 1.82) is 0 Å². The van der Waals surface area contributed by atoms with Gasteiger partial charge in [0.2, 0.25) is 0 Å².